The third-order valence-corrected chi connectivity index (χ3v) is 4.61. The Hall–Kier alpha value is -3.19. The lowest BCUT2D eigenvalue weighted by atomic mass is 9.94. The quantitative estimate of drug-likeness (QED) is 0.460. The van der Waals surface area contributed by atoms with E-state index in [9.17, 15) is 24.6 Å². The molecular formula is C22H25NO6. The van der Waals surface area contributed by atoms with Crippen LogP contribution in [-0.2, 0) is 20.8 Å². The van der Waals surface area contributed by atoms with E-state index in [1.54, 1.807) is 0 Å². The van der Waals surface area contributed by atoms with Crippen LogP contribution >= 0.6 is 0 Å². The summed E-state index contributed by atoms with van der Waals surface area (Å²) in [6.45, 7) is -0.538. The van der Waals surface area contributed by atoms with E-state index in [0.717, 1.165) is 16.7 Å². The van der Waals surface area contributed by atoms with Crippen LogP contribution in [0.25, 0.3) is 11.1 Å². The molecule has 2 atom stereocenters. The van der Waals surface area contributed by atoms with Crippen molar-refractivity contribution in [3.63, 3.8) is 0 Å². The van der Waals surface area contributed by atoms with E-state index in [2.05, 4.69) is 5.32 Å². The number of aliphatic hydroxyl groups is 1. The minimum Gasteiger partial charge on any atom is -0.481 e. The normalized spacial score (nSPS) is 12.7. The summed E-state index contributed by atoms with van der Waals surface area (Å²) in [6.07, 6.45) is -0.0644. The lowest BCUT2D eigenvalue weighted by Crippen LogP contribution is -2.39. The van der Waals surface area contributed by atoms with Crippen molar-refractivity contribution in [3.05, 3.63) is 60.2 Å². The number of carbonyl (C=O) groups excluding carboxylic acids is 1. The Balaban J connectivity index is 2.09. The van der Waals surface area contributed by atoms with Crippen LogP contribution in [0.2, 0.25) is 0 Å². The van der Waals surface area contributed by atoms with Crippen LogP contribution < -0.4 is 5.32 Å². The van der Waals surface area contributed by atoms with Gasteiger partial charge >= 0.3 is 11.9 Å². The summed E-state index contributed by atoms with van der Waals surface area (Å²) in [5.41, 5.74) is 3.01. The molecule has 7 heteroatoms. The number of aliphatic carboxylic acids is 2. The summed E-state index contributed by atoms with van der Waals surface area (Å²) >= 11 is 0. The number of nitrogens with one attached hydrogen (secondary N) is 1. The fraction of sp³-hybridized carbons (Fsp3) is 0.318. The van der Waals surface area contributed by atoms with Crippen molar-refractivity contribution in [2.45, 2.75) is 31.7 Å². The molecule has 154 valence electrons. The van der Waals surface area contributed by atoms with Gasteiger partial charge < -0.3 is 20.6 Å². The number of benzene rings is 2. The number of amides is 1. The standard InChI is InChI=1S/C22H25NO6/c24-14-18(22(28)29)13-19(23-20(25)10-11-21(26)27)12-15-6-8-17(9-7-15)16-4-2-1-3-5-16/h1-9,18-19,24H,10-14H2,(H,23,25)(H,26,27)(H,28,29). The van der Waals surface area contributed by atoms with E-state index >= 15 is 0 Å². The van der Waals surface area contributed by atoms with Crippen LogP contribution in [-0.4, -0.2) is 45.8 Å². The molecule has 0 saturated heterocycles. The highest BCUT2D eigenvalue weighted by Gasteiger charge is 2.23. The Morgan fingerprint density at radius 3 is 2.03 bits per heavy atom. The molecule has 0 fully saturated rings. The molecule has 0 bridgehead atoms. The monoisotopic (exact) mass is 399 g/mol. The Morgan fingerprint density at radius 1 is 0.862 bits per heavy atom. The van der Waals surface area contributed by atoms with Gasteiger partial charge in [-0.05, 0) is 29.5 Å². The molecule has 0 aliphatic heterocycles. The van der Waals surface area contributed by atoms with Gasteiger partial charge in [-0.15, -0.1) is 0 Å². The maximum atomic E-state index is 12.0. The van der Waals surface area contributed by atoms with Crippen molar-refractivity contribution in [1.82, 2.24) is 5.32 Å². The summed E-state index contributed by atoms with van der Waals surface area (Å²) in [5, 5.41) is 30.0. The van der Waals surface area contributed by atoms with Gasteiger partial charge in [0, 0.05) is 12.5 Å². The van der Waals surface area contributed by atoms with E-state index in [4.69, 9.17) is 5.11 Å². The van der Waals surface area contributed by atoms with Crippen LogP contribution in [0.1, 0.15) is 24.8 Å². The van der Waals surface area contributed by atoms with Gasteiger partial charge in [0.2, 0.25) is 5.91 Å². The predicted molar refractivity (Wildman–Crippen MR) is 107 cm³/mol. The smallest absolute Gasteiger partial charge is 0.308 e. The number of carbonyl (C=O) groups is 3. The molecule has 2 aromatic carbocycles. The Kier molecular flexibility index (Phi) is 8.36. The first-order valence-corrected chi connectivity index (χ1v) is 9.38. The summed E-state index contributed by atoms with van der Waals surface area (Å²) in [6, 6.07) is 17.0. The van der Waals surface area contributed by atoms with Gasteiger partial charge in [-0.1, -0.05) is 54.6 Å². The maximum Gasteiger partial charge on any atom is 0.308 e. The zero-order chi connectivity index (χ0) is 21.2. The van der Waals surface area contributed by atoms with Crippen LogP contribution in [0.3, 0.4) is 0 Å². The van der Waals surface area contributed by atoms with Gasteiger partial charge in [0.15, 0.2) is 0 Å². The Labute approximate surface area is 169 Å². The van der Waals surface area contributed by atoms with Crippen LogP contribution in [0.15, 0.2) is 54.6 Å². The Bertz CT molecular complexity index is 819. The van der Waals surface area contributed by atoms with Crippen molar-refractivity contribution >= 4 is 17.8 Å². The molecule has 29 heavy (non-hydrogen) atoms. The highest BCUT2D eigenvalue weighted by Crippen LogP contribution is 2.20. The summed E-state index contributed by atoms with van der Waals surface area (Å²) in [5.74, 6) is -3.69. The van der Waals surface area contributed by atoms with Crippen molar-refractivity contribution in [2.75, 3.05) is 6.61 Å². The topological polar surface area (TPSA) is 124 Å². The molecule has 7 nitrogen and oxygen atoms in total. The average Bonchev–Trinajstić information content (AvgIpc) is 2.71. The van der Waals surface area contributed by atoms with E-state index in [1.807, 2.05) is 54.6 Å². The molecule has 2 rings (SSSR count). The molecule has 0 heterocycles. The minimum atomic E-state index is -1.14. The zero-order valence-electron chi connectivity index (χ0n) is 16.0. The van der Waals surface area contributed by atoms with Gasteiger partial charge in [-0.2, -0.15) is 0 Å². The van der Waals surface area contributed by atoms with Crippen LogP contribution in [0.4, 0.5) is 0 Å². The summed E-state index contributed by atoms with van der Waals surface area (Å²) < 4.78 is 0. The van der Waals surface area contributed by atoms with Crippen molar-refractivity contribution in [3.8, 4) is 11.1 Å². The third-order valence-electron chi connectivity index (χ3n) is 4.61. The second-order valence-corrected chi connectivity index (χ2v) is 6.88. The first-order chi connectivity index (χ1) is 13.9. The first kappa shape index (κ1) is 22.1. The van der Waals surface area contributed by atoms with Crippen molar-refractivity contribution in [2.24, 2.45) is 5.92 Å². The molecule has 4 N–H and O–H groups in total. The lowest BCUT2D eigenvalue weighted by Gasteiger charge is -2.22. The number of hydrogen-bond donors (Lipinski definition) is 4. The molecule has 2 unspecified atom stereocenters. The summed E-state index contributed by atoms with van der Waals surface area (Å²) in [7, 11) is 0. The molecule has 0 aliphatic carbocycles. The molecule has 0 saturated carbocycles. The maximum absolute atomic E-state index is 12.0. The van der Waals surface area contributed by atoms with Crippen molar-refractivity contribution in [1.29, 1.82) is 0 Å². The first-order valence-electron chi connectivity index (χ1n) is 9.38. The number of aliphatic hydroxyl groups excluding tert-OH is 1. The van der Waals surface area contributed by atoms with Gasteiger partial charge in [0.05, 0.1) is 18.9 Å². The van der Waals surface area contributed by atoms with Crippen LogP contribution in [0, 0.1) is 5.92 Å². The highest BCUT2D eigenvalue weighted by atomic mass is 16.4. The number of hydrogen-bond acceptors (Lipinski definition) is 4. The second kappa shape index (κ2) is 11.0. The van der Waals surface area contributed by atoms with Gasteiger partial charge in [0.1, 0.15) is 0 Å². The Morgan fingerprint density at radius 2 is 1.48 bits per heavy atom. The molecule has 0 aromatic heterocycles. The fourth-order valence-electron chi connectivity index (χ4n) is 3.06. The van der Waals surface area contributed by atoms with E-state index < -0.39 is 36.4 Å². The minimum absolute atomic E-state index is 0.0467. The molecule has 0 aliphatic rings. The van der Waals surface area contributed by atoms with E-state index in [1.165, 1.54) is 0 Å². The van der Waals surface area contributed by atoms with Crippen LogP contribution in [0.5, 0.6) is 0 Å². The predicted octanol–water partition coefficient (Wildman–Crippen LogP) is 2.33. The molecule has 1 amide bonds. The molecule has 0 spiro atoms. The average molecular weight is 399 g/mol. The third kappa shape index (κ3) is 7.38. The number of rotatable bonds is 11. The van der Waals surface area contributed by atoms with E-state index in [-0.39, 0.29) is 19.3 Å². The summed E-state index contributed by atoms with van der Waals surface area (Å²) in [4.78, 5) is 34.0. The lowest BCUT2D eigenvalue weighted by molar-refractivity contribution is -0.143. The SMILES string of the molecule is O=C(O)CCC(=O)NC(Cc1ccc(-c2ccccc2)cc1)CC(CO)C(=O)O. The highest BCUT2D eigenvalue weighted by molar-refractivity contribution is 5.81. The number of carboxylic acid groups (broad SMARTS) is 2. The fourth-order valence-corrected chi connectivity index (χ4v) is 3.06. The van der Waals surface area contributed by atoms with Gasteiger partial charge in [-0.25, -0.2) is 0 Å². The molecular weight excluding hydrogens is 374 g/mol. The number of carboxylic acids is 2. The molecule has 0 radical (unpaired) electrons. The molecule has 2 aromatic rings. The van der Waals surface area contributed by atoms with Crippen molar-refractivity contribution < 1.29 is 29.7 Å². The van der Waals surface area contributed by atoms with Gasteiger partial charge in [0.25, 0.3) is 0 Å². The largest absolute Gasteiger partial charge is 0.481 e. The second-order valence-electron chi connectivity index (χ2n) is 6.88. The van der Waals surface area contributed by atoms with E-state index in [0.29, 0.717) is 6.42 Å². The zero-order valence-corrected chi connectivity index (χ0v) is 16.0. The van der Waals surface area contributed by atoms with Gasteiger partial charge in [-0.3, -0.25) is 14.4 Å².